The summed E-state index contributed by atoms with van der Waals surface area (Å²) in [5.74, 6) is 0.921. The van der Waals surface area contributed by atoms with Gasteiger partial charge in [0.15, 0.2) is 0 Å². The molecule has 0 fully saturated rings. The van der Waals surface area contributed by atoms with Crippen molar-refractivity contribution in [1.29, 1.82) is 0 Å². The Labute approximate surface area is 87.2 Å². The van der Waals surface area contributed by atoms with E-state index in [1.165, 1.54) is 12.1 Å². The Morgan fingerprint density at radius 1 is 1.27 bits per heavy atom. The number of anilines is 1. The highest BCUT2D eigenvalue weighted by Gasteiger charge is 2.08. The minimum atomic E-state index is -0.310. The van der Waals surface area contributed by atoms with Gasteiger partial charge in [0.25, 0.3) is 0 Å². The van der Waals surface area contributed by atoms with E-state index >= 15 is 0 Å². The zero-order chi connectivity index (χ0) is 11.0. The van der Waals surface area contributed by atoms with Crippen LogP contribution in [0.1, 0.15) is 25.6 Å². The molecule has 0 aliphatic heterocycles. The van der Waals surface area contributed by atoms with Crippen LogP contribution in [0.25, 0.3) is 10.9 Å². The summed E-state index contributed by atoms with van der Waals surface area (Å²) in [6.07, 6.45) is 0. The number of nitrogens with zero attached hydrogens (tertiary/aromatic N) is 2. The van der Waals surface area contributed by atoms with Crippen LogP contribution in [-0.2, 0) is 0 Å². The Bertz CT molecular complexity index is 508. The molecule has 0 saturated carbocycles. The predicted molar refractivity (Wildman–Crippen MR) is 58.0 cm³/mol. The van der Waals surface area contributed by atoms with Crippen molar-refractivity contribution < 1.29 is 4.39 Å². The van der Waals surface area contributed by atoms with E-state index in [-0.39, 0.29) is 11.7 Å². The first-order valence-corrected chi connectivity index (χ1v) is 4.80. The van der Waals surface area contributed by atoms with E-state index in [0.717, 1.165) is 0 Å². The largest absolute Gasteiger partial charge is 0.383 e. The average Bonchev–Trinajstić information content (AvgIpc) is 2.16. The predicted octanol–water partition coefficient (Wildman–Crippen LogP) is 2.47. The standard InChI is InChI=1S/C11H12FN3/c1-6(2)11-14-9-5-7(12)3-4-8(9)10(13)15-11/h3-6H,1-2H3,(H2,13,14,15). The molecule has 0 radical (unpaired) electrons. The van der Waals surface area contributed by atoms with Crippen LogP contribution in [-0.4, -0.2) is 9.97 Å². The topological polar surface area (TPSA) is 51.8 Å². The zero-order valence-electron chi connectivity index (χ0n) is 8.66. The van der Waals surface area contributed by atoms with Crippen molar-refractivity contribution in [3.8, 4) is 0 Å². The molecule has 0 aliphatic carbocycles. The highest BCUT2D eigenvalue weighted by molar-refractivity contribution is 5.87. The molecule has 4 heteroatoms. The van der Waals surface area contributed by atoms with E-state index in [1.807, 2.05) is 13.8 Å². The minimum absolute atomic E-state index is 0.181. The van der Waals surface area contributed by atoms with Crippen molar-refractivity contribution in [3.63, 3.8) is 0 Å². The smallest absolute Gasteiger partial charge is 0.135 e. The third-order valence-corrected chi connectivity index (χ3v) is 2.22. The number of fused-ring (bicyclic) bond motifs is 1. The van der Waals surface area contributed by atoms with Crippen LogP contribution in [0, 0.1) is 5.82 Å². The van der Waals surface area contributed by atoms with Crippen LogP contribution in [0.4, 0.5) is 10.2 Å². The molecular weight excluding hydrogens is 193 g/mol. The number of hydrogen-bond donors (Lipinski definition) is 1. The molecule has 3 nitrogen and oxygen atoms in total. The van der Waals surface area contributed by atoms with Crippen molar-refractivity contribution in [1.82, 2.24) is 9.97 Å². The van der Waals surface area contributed by atoms with Crippen LogP contribution in [0.15, 0.2) is 18.2 Å². The fourth-order valence-corrected chi connectivity index (χ4v) is 1.40. The first-order valence-electron chi connectivity index (χ1n) is 4.80. The summed E-state index contributed by atoms with van der Waals surface area (Å²) in [7, 11) is 0. The second-order valence-electron chi connectivity index (χ2n) is 3.78. The summed E-state index contributed by atoms with van der Waals surface area (Å²) in [4.78, 5) is 8.44. The first kappa shape index (κ1) is 9.83. The van der Waals surface area contributed by atoms with Gasteiger partial charge in [-0.15, -0.1) is 0 Å². The molecule has 1 aromatic heterocycles. The second kappa shape index (κ2) is 3.46. The van der Waals surface area contributed by atoms with Crippen molar-refractivity contribution in [2.24, 2.45) is 0 Å². The van der Waals surface area contributed by atoms with E-state index in [2.05, 4.69) is 9.97 Å². The van der Waals surface area contributed by atoms with E-state index in [9.17, 15) is 4.39 Å². The molecule has 2 N–H and O–H groups in total. The Balaban J connectivity index is 2.74. The van der Waals surface area contributed by atoms with Crippen molar-refractivity contribution in [2.45, 2.75) is 19.8 Å². The third kappa shape index (κ3) is 1.75. The van der Waals surface area contributed by atoms with Crippen molar-refractivity contribution in [3.05, 3.63) is 29.8 Å². The molecule has 78 valence electrons. The molecule has 2 rings (SSSR count). The molecule has 0 spiro atoms. The highest BCUT2D eigenvalue weighted by Crippen LogP contribution is 2.21. The Hall–Kier alpha value is -1.71. The van der Waals surface area contributed by atoms with Gasteiger partial charge < -0.3 is 5.73 Å². The van der Waals surface area contributed by atoms with E-state index < -0.39 is 0 Å². The number of halogens is 1. The highest BCUT2D eigenvalue weighted by atomic mass is 19.1. The number of benzene rings is 1. The molecule has 15 heavy (non-hydrogen) atoms. The molecular formula is C11H12FN3. The second-order valence-corrected chi connectivity index (χ2v) is 3.78. The number of nitrogens with two attached hydrogens (primary N) is 1. The van der Waals surface area contributed by atoms with Crippen LogP contribution >= 0.6 is 0 Å². The van der Waals surface area contributed by atoms with E-state index in [0.29, 0.717) is 22.5 Å². The first-order chi connectivity index (χ1) is 7.08. The molecule has 0 saturated heterocycles. The molecule has 1 heterocycles. The maximum atomic E-state index is 13.0. The van der Waals surface area contributed by atoms with Gasteiger partial charge in [-0.2, -0.15) is 0 Å². The molecule has 0 unspecified atom stereocenters. The molecule has 1 aromatic carbocycles. The Morgan fingerprint density at radius 3 is 2.67 bits per heavy atom. The fourth-order valence-electron chi connectivity index (χ4n) is 1.40. The lowest BCUT2D eigenvalue weighted by atomic mass is 10.1. The third-order valence-electron chi connectivity index (χ3n) is 2.22. The Kier molecular flexibility index (Phi) is 2.26. The van der Waals surface area contributed by atoms with Gasteiger partial charge in [-0.3, -0.25) is 0 Å². The molecule has 2 aromatic rings. The van der Waals surface area contributed by atoms with Crippen LogP contribution in [0.2, 0.25) is 0 Å². The molecule has 0 amide bonds. The lowest BCUT2D eigenvalue weighted by molar-refractivity contribution is 0.629. The van der Waals surface area contributed by atoms with Crippen molar-refractivity contribution >= 4 is 16.7 Å². The summed E-state index contributed by atoms with van der Waals surface area (Å²) < 4.78 is 13.0. The Morgan fingerprint density at radius 2 is 2.00 bits per heavy atom. The number of hydrogen-bond acceptors (Lipinski definition) is 3. The summed E-state index contributed by atoms with van der Waals surface area (Å²) in [5, 5.41) is 0.695. The lowest BCUT2D eigenvalue weighted by Crippen LogP contribution is -2.02. The fraction of sp³-hybridized carbons (Fsp3) is 0.273. The zero-order valence-corrected chi connectivity index (χ0v) is 8.66. The van der Waals surface area contributed by atoms with Gasteiger partial charge in [0.1, 0.15) is 17.5 Å². The number of aromatic nitrogens is 2. The van der Waals surface area contributed by atoms with Crippen molar-refractivity contribution in [2.75, 3.05) is 5.73 Å². The summed E-state index contributed by atoms with van der Waals surface area (Å²) >= 11 is 0. The van der Waals surface area contributed by atoms with Gasteiger partial charge in [-0.1, -0.05) is 13.8 Å². The van der Waals surface area contributed by atoms with Crippen LogP contribution in [0.3, 0.4) is 0 Å². The number of nitrogen functional groups attached to an aromatic ring is 1. The maximum absolute atomic E-state index is 13.0. The SMILES string of the molecule is CC(C)c1nc(N)c2ccc(F)cc2n1. The molecule has 0 aliphatic rings. The van der Waals surface area contributed by atoms with Gasteiger partial charge >= 0.3 is 0 Å². The quantitative estimate of drug-likeness (QED) is 0.778. The average molecular weight is 205 g/mol. The monoisotopic (exact) mass is 205 g/mol. The molecule has 0 atom stereocenters. The summed E-state index contributed by atoms with van der Waals surface area (Å²) in [6, 6.07) is 4.33. The maximum Gasteiger partial charge on any atom is 0.135 e. The summed E-state index contributed by atoms with van der Waals surface area (Å²) in [5.41, 5.74) is 6.33. The molecule has 0 bridgehead atoms. The normalized spacial score (nSPS) is 11.2. The lowest BCUT2D eigenvalue weighted by Gasteiger charge is -2.07. The summed E-state index contributed by atoms with van der Waals surface area (Å²) in [6.45, 7) is 3.94. The van der Waals surface area contributed by atoms with E-state index in [1.54, 1.807) is 6.07 Å². The van der Waals surface area contributed by atoms with Gasteiger partial charge in [0.05, 0.1) is 5.52 Å². The van der Waals surface area contributed by atoms with Gasteiger partial charge in [0, 0.05) is 17.4 Å². The van der Waals surface area contributed by atoms with Gasteiger partial charge in [-0.05, 0) is 12.1 Å². The van der Waals surface area contributed by atoms with Crippen LogP contribution < -0.4 is 5.73 Å². The van der Waals surface area contributed by atoms with Gasteiger partial charge in [-0.25, -0.2) is 14.4 Å². The minimum Gasteiger partial charge on any atom is -0.383 e. The van der Waals surface area contributed by atoms with Gasteiger partial charge in [0.2, 0.25) is 0 Å². The van der Waals surface area contributed by atoms with Crippen LogP contribution in [0.5, 0.6) is 0 Å². The van der Waals surface area contributed by atoms with E-state index in [4.69, 9.17) is 5.73 Å². The number of rotatable bonds is 1.